The van der Waals surface area contributed by atoms with E-state index in [1.165, 1.54) is 0 Å². The Bertz CT molecular complexity index is 347. The predicted molar refractivity (Wildman–Crippen MR) is 69.6 cm³/mol. The molecule has 4 heteroatoms. The van der Waals surface area contributed by atoms with Crippen molar-refractivity contribution in [3.05, 3.63) is 28.2 Å². The zero-order chi connectivity index (χ0) is 12.2. The molecule has 2 N–H and O–H groups in total. The van der Waals surface area contributed by atoms with E-state index in [2.05, 4.69) is 21.2 Å². The number of ether oxygens (including phenoxy) is 1. The minimum atomic E-state index is -0.730. The highest BCUT2D eigenvalue weighted by molar-refractivity contribution is 9.10. The number of benzene rings is 1. The maximum Gasteiger partial charge on any atom is 0.0763 e. The quantitative estimate of drug-likeness (QED) is 0.875. The van der Waals surface area contributed by atoms with Crippen LogP contribution in [0, 0.1) is 0 Å². The molecule has 90 valence electrons. The van der Waals surface area contributed by atoms with Gasteiger partial charge in [-0.3, -0.25) is 0 Å². The fraction of sp³-hybridized carbons (Fsp3) is 0.500. The zero-order valence-corrected chi connectivity index (χ0v) is 11.5. The Kier molecular flexibility index (Phi) is 4.77. The normalized spacial score (nSPS) is 11.6. The highest BCUT2D eigenvalue weighted by Gasteiger charge is 2.13. The number of hydrogen-bond acceptors (Lipinski definition) is 3. The molecule has 0 heterocycles. The number of halogens is 1. The van der Waals surface area contributed by atoms with Crippen LogP contribution >= 0.6 is 15.9 Å². The van der Waals surface area contributed by atoms with E-state index >= 15 is 0 Å². The Morgan fingerprint density at radius 3 is 2.69 bits per heavy atom. The van der Waals surface area contributed by atoms with Gasteiger partial charge < -0.3 is 15.2 Å². The molecule has 16 heavy (non-hydrogen) atoms. The van der Waals surface area contributed by atoms with Crippen LogP contribution in [0.2, 0.25) is 0 Å². The molecule has 0 bridgehead atoms. The van der Waals surface area contributed by atoms with Crippen LogP contribution in [0.4, 0.5) is 5.69 Å². The van der Waals surface area contributed by atoms with Gasteiger partial charge in [-0.1, -0.05) is 22.0 Å². The van der Waals surface area contributed by atoms with E-state index in [0.717, 1.165) is 15.7 Å². The molecule has 0 aromatic heterocycles. The molecule has 1 rings (SSSR count). The molecule has 1 aromatic carbocycles. The summed E-state index contributed by atoms with van der Waals surface area (Å²) in [5, 5.41) is 12.9. The molecule has 0 aliphatic rings. The first kappa shape index (κ1) is 13.5. The number of nitrogens with one attached hydrogen (secondary N) is 1. The third-order valence-electron chi connectivity index (χ3n) is 2.12. The molecular weight excluding hydrogens is 270 g/mol. The van der Waals surface area contributed by atoms with Crippen molar-refractivity contribution in [3.8, 4) is 0 Å². The summed E-state index contributed by atoms with van der Waals surface area (Å²) < 4.78 is 6.16. The van der Waals surface area contributed by atoms with Gasteiger partial charge in [-0.2, -0.15) is 0 Å². The smallest absolute Gasteiger partial charge is 0.0763 e. The molecule has 0 saturated heterocycles. The Morgan fingerprint density at radius 2 is 2.12 bits per heavy atom. The summed E-state index contributed by atoms with van der Waals surface area (Å²) in [6, 6.07) is 5.91. The Hall–Kier alpha value is -0.580. The largest absolute Gasteiger partial charge is 0.389 e. The van der Waals surface area contributed by atoms with Crippen molar-refractivity contribution >= 4 is 21.6 Å². The van der Waals surface area contributed by atoms with Gasteiger partial charge in [0, 0.05) is 29.4 Å². The molecule has 0 radical (unpaired) electrons. The van der Waals surface area contributed by atoms with Gasteiger partial charge in [0.25, 0.3) is 0 Å². The molecule has 0 atom stereocenters. The molecule has 0 spiro atoms. The number of anilines is 1. The molecule has 1 aromatic rings. The zero-order valence-electron chi connectivity index (χ0n) is 9.88. The van der Waals surface area contributed by atoms with Gasteiger partial charge in [-0.05, 0) is 26.0 Å². The summed E-state index contributed by atoms with van der Waals surface area (Å²) in [5.74, 6) is 0. The highest BCUT2D eigenvalue weighted by Crippen LogP contribution is 2.25. The van der Waals surface area contributed by atoms with Crippen molar-refractivity contribution in [2.24, 2.45) is 0 Å². The fourth-order valence-corrected chi connectivity index (χ4v) is 1.81. The molecule has 0 aliphatic heterocycles. The third kappa shape index (κ3) is 4.12. The summed E-state index contributed by atoms with van der Waals surface area (Å²) in [5.41, 5.74) is 1.32. The molecule has 0 saturated carbocycles. The van der Waals surface area contributed by atoms with E-state index in [9.17, 15) is 5.11 Å². The van der Waals surface area contributed by atoms with Gasteiger partial charge in [0.15, 0.2) is 0 Å². The second-order valence-corrected chi connectivity index (χ2v) is 5.22. The minimum Gasteiger partial charge on any atom is -0.389 e. The number of methoxy groups -OCH3 is 1. The standard InChI is InChI=1S/C12H18BrNO2/c1-12(2,15)8-14-11-6-4-5-10(13)9(11)7-16-3/h4-6,14-15H,7-8H2,1-3H3. The molecule has 0 aliphatic carbocycles. The maximum absolute atomic E-state index is 9.66. The lowest BCUT2D eigenvalue weighted by Gasteiger charge is -2.20. The Balaban J connectivity index is 2.82. The van der Waals surface area contributed by atoms with Crippen LogP contribution in [0.5, 0.6) is 0 Å². The van der Waals surface area contributed by atoms with Gasteiger partial charge in [0.05, 0.1) is 12.2 Å². The van der Waals surface area contributed by atoms with E-state index < -0.39 is 5.60 Å². The maximum atomic E-state index is 9.66. The van der Waals surface area contributed by atoms with Gasteiger partial charge in [0.2, 0.25) is 0 Å². The lowest BCUT2D eigenvalue weighted by atomic mass is 10.1. The lowest BCUT2D eigenvalue weighted by Crippen LogP contribution is -2.29. The second-order valence-electron chi connectivity index (χ2n) is 4.36. The molecular formula is C12H18BrNO2. The molecule has 3 nitrogen and oxygen atoms in total. The second kappa shape index (κ2) is 5.66. The van der Waals surface area contributed by atoms with Crippen molar-refractivity contribution in [2.75, 3.05) is 19.0 Å². The van der Waals surface area contributed by atoms with Gasteiger partial charge in [-0.25, -0.2) is 0 Å². The van der Waals surface area contributed by atoms with E-state index in [4.69, 9.17) is 4.74 Å². The first-order chi connectivity index (χ1) is 7.44. The van der Waals surface area contributed by atoms with Crippen molar-refractivity contribution < 1.29 is 9.84 Å². The molecule has 0 unspecified atom stereocenters. The van der Waals surface area contributed by atoms with E-state index in [0.29, 0.717) is 13.2 Å². The number of aliphatic hydroxyl groups is 1. The summed E-state index contributed by atoms with van der Waals surface area (Å²) in [7, 11) is 1.67. The van der Waals surface area contributed by atoms with E-state index in [1.807, 2.05) is 18.2 Å². The highest BCUT2D eigenvalue weighted by atomic mass is 79.9. The van der Waals surface area contributed by atoms with E-state index in [-0.39, 0.29) is 0 Å². The fourth-order valence-electron chi connectivity index (χ4n) is 1.33. The average molecular weight is 288 g/mol. The first-order valence-electron chi connectivity index (χ1n) is 5.16. The van der Waals surface area contributed by atoms with Gasteiger partial charge in [0.1, 0.15) is 0 Å². The van der Waals surface area contributed by atoms with Crippen LogP contribution < -0.4 is 5.32 Å². The van der Waals surface area contributed by atoms with E-state index in [1.54, 1.807) is 21.0 Å². The van der Waals surface area contributed by atoms with Crippen molar-refractivity contribution in [2.45, 2.75) is 26.1 Å². The molecule has 0 amide bonds. The van der Waals surface area contributed by atoms with Crippen LogP contribution in [0.25, 0.3) is 0 Å². The summed E-state index contributed by atoms with van der Waals surface area (Å²) >= 11 is 3.49. The van der Waals surface area contributed by atoms with Gasteiger partial charge >= 0.3 is 0 Å². The van der Waals surface area contributed by atoms with Crippen LogP contribution in [-0.4, -0.2) is 24.4 Å². The number of hydrogen-bond donors (Lipinski definition) is 2. The van der Waals surface area contributed by atoms with Crippen LogP contribution in [-0.2, 0) is 11.3 Å². The van der Waals surface area contributed by atoms with Crippen LogP contribution in [0.1, 0.15) is 19.4 Å². The van der Waals surface area contributed by atoms with Crippen molar-refractivity contribution in [1.82, 2.24) is 0 Å². The monoisotopic (exact) mass is 287 g/mol. The number of rotatable bonds is 5. The SMILES string of the molecule is COCc1c(Br)cccc1NCC(C)(C)O. The Labute approximate surface area is 105 Å². The van der Waals surface area contributed by atoms with Crippen LogP contribution in [0.15, 0.2) is 22.7 Å². The third-order valence-corrected chi connectivity index (χ3v) is 2.86. The topological polar surface area (TPSA) is 41.5 Å². The minimum absolute atomic E-state index is 0.500. The summed E-state index contributed by atoms with van der Waals surface area (Å²) in [6.45, 7) is 4.58. The average Bonchev–Trinajstić information content (AvgIpc) is 2.18. The van der Waals surface area contributed by atoms with Gasteiger partial charge in [-0.15, -0.1) is 0 Å². The van der Waals surface area contributed by atoms with Crippen molar-refractivity contribution in [3.63, 3.8) is 0 Å². The Morgan fingerprint density at radius 1 is 1.44 bits per heavy atom. The molecule has 0 fully saturated rings. The lowest BCUT2D eigenvalue weighted by molar-refractivity contribution is 0.0944. The first-order valence-corrected chi connectivity index (χ1v) is 5.96. The van der Waals surface area contributed by atoms with Crippen molar-refractivity contribution in [1.29, 1.82) is 0 Å². The summed E-state index contributed by atoms with van der Waals surface area (Å²) in [6.07, 6.45) is 0. The predicted octanol–water partition coefficient (Wildman–Crippen LogP) is 2.78. The van der Waals surface area contributed by atoms with Crippen LogP contribution in [0.3, 0.4) is 0 Å². The summed E-state index contributed by atoms with van der Waals surface area (Å²) in [4.78, 5) is 0.